The Balaban J connectivity index is 2.56. The van der Waals surface area contributed by atoms with Crippen LogP contribution in [0.4, 0.5) is 0 Å². The summed E-state index contributed by atoms with van der Waals surface area (Å²) in [7, 11) is 0. The topological polar surface area (TPSA) is 52.6 Å². The highest BCUT2D eigenvalue weighted by atomic mass is 35.7. The van der Waals surface area contributed by atoms with Gasteiger partial charge in [-0.05, 0) is 43.1 Å². The van der Waals surface area contributed by atoms with E-state index in [-0.39, 0.29) is 18.9 Å². The summed E-state index contributed by atoms with van der Waals surface area (Å²) < 4.78 is 22.6. The van der Waals surface area contributed by atoms with Crippen LogP contribution < -0.4 is 0 Å². The van der Waals surface area contributed by atoms with Gasteiger partial charge in [-0.3, -0.25) is 9.36 Å². The third-order valence-electron chi connectivity index (χ3n) is 2.92. The van der Waals surface area contributed by atoms with Crippen molar-refractivity contribution in [3.63, 3.8) is 0 Å². The molecule has 0 heterocycles. The van der Waals surface area contributed by atoms with Crippen LogP contribution in [0.5, 0.6) is 0 Å². The van der Waals surface area contributed by atoms with Crippen molar-refractivity contribution in [2.75, 3.05) is 6.16 Å². The van der Waals surface area contributed by atoms with Crippen molar-refractivity contribution in [1.29, 1.82) is 0 Å². The molecule has 0 aromatic heterocycles. The first-order valence-electron chi connectivity index (χ1n) is 6.89. The number of carbonyl (C=O) groups excluding carboxylic acids is 1. The average Bonchev–Trinajstić information content (AvgIpc) is 2.36. The molecule has 0 aliphatic heterocycles. The van der Waals surface area contributed by atoms with Gasteiger partial charge in [-0.15, -0.1) is 0 Å². The second kappa shape index (κ2) is 7.98. The minimum atomic E-state index is -3.36. The molecule has 4 nitrogen and oxygen atoms in total. The standard InChI is InChI=1S/C15H22ClO4P/c1-11(2)20-15(17)13(4)10-21(16,18)19-9-14-8-6-5-7-12(14)3/h5-8,11,13H,9-10H2,1-4H3/t13-,21?/m0/s1. The maximum Gasteiger partial charge on any atom is 0.309 e. The number of aryl methyl sites for hydroxylation is 1. The number of benzene rings is 1. The zero-order chi connectivity index (χ0) is 16.0. The quantitative estimate of drug-likeness (QED) is 0.543. The van der Waals surface area contributed by atoms with Gasteiger partial charge in [0.05, 0.1) is 24.8 Å². The summed E-state index contributed by atoms with van der Waals surface area (Å²) >= 11 is 5.94. The Bertz CT molecular complexity index is 530. The lowest BCUT2D eigenvalue weighted by molar-refractivity contribution is -0.151. The van der Waals surface area contributed by atoms with Crippen molar-refractivity contribution in [1.82, 2.24) is 0 Å². The van der Waals surface area contributed by atoms with Crippen molar-refractivity contribution >= 4 is 23.9 Å². The Morgan fingerprint density at radius 2 is 1.90 bits per heavy atom. The SMILES string of the molecule is Cc1ccccc1COP(=O)(Cl)C[C@H](C)C(=O)OC(C)C. The Morgan fingerprint density at radius 3 is 2.48 bits per heavy atom. The van der Waals surface area contributed by atoms with E-state index in [1.807, 2.05) is 31.2 Å². The van der Waals surface area contributed by atoms with E-state index in [1.165, 1.54) is 0 Å². The van der Waals surface area contributed by atoms with Crippen LogP contribution in [0.1, 0.15) is 31.9 Å². The Kier molecular flexibility index (Phi) is 6.92. The molecule has 1 unspecified atom stereocenters. The molecule has 21 heavy (non-hydrogen) atoms. The number of hydrogen-bond acceptors (Lipinski definition) is 4. The lowest BCUT2D eigenvalue weighted by Gasteiger charge is -2.17. The summed E-state index contributed by atoms with van der Waals surface area (Å²) in [5, 5.41) is 0. The van der Waals surface area contributed by atoms with E-state index in [0.29, 0.717) is 0 Å². The van der Waals surface area contributed by atoms with E-state index in [2.05, 4.69) is 0 Å². The number of hydrogen-bond donors (Lipinski definition) is 0. The summed E-state index contributed by atoms with van der Waals surface area (Å²) in [6.07, 6.45) is -0.242. The molecule has 1 rings (SSSR count). The van der Waals surface area contributed by atoms with E-state index >= 15 is 0 Å². The highest BCUT2D eigenvalue weighted by molar-refractivity contribution is 7.85. The van der Waals surface area contributed by atoms with Crippen molar-refractivity contribution in [3.05, 3.63) is 35.4 Å². The number of rotatable bonds is 7. The van der Waals surface area contributed by atoms with Gasteiger partial charge in [0, 0.05) is 0 Å². The maximum atomic E-state index is 12.2. The Hall–Kier alpha value is -0.830. The van der Waals surface area contributed by atoms with Crippen LogP contribution in [0.25, 0.3) is 0 Å². The van der Waals surface area contributed by atoms with Gasteiger partial charge in [0.25, 0.3) is 6.72 Å². The lowest BCUT2D eigenvalue weighted by atomic mass is 10.1. The molecule has 6 heteroatoms. The number of ether oxygens (including phenoxy) is 1. The second-order valence-corrected chi connectivity index (χ2v) is 8.71. The zero-order valence-corrected chi connectivity index (χ0v) is 14.5. The molecule has 0 aliphatic carbocycles. The highest BCUT2D eigenvalue weighted by Crippen LogP contribution is 2.54. The first-order valence-corrected chi connectivity index (χ1v) is 9.61. The molecular weight excluding hydrogens is 311 g/mol. The Morgan fingerprint density at radius 1 is 1.29 bits per heavy atom. The van der Waals surface area contributed by atoms with Crippen molar-refractivity contribution in [2.24, 2.45) is 5.92 Å². The molecule has 0 spiro atoms. The van der Waals surface area contributed by atoms with Crippen LogP contribution in [0.2, 0.25) is 0 Å². The fourth-order valence-corrected chi connectivity index (χ4v) is 3.75. The van der Waals surface area contributed by atoms with E-state index in [9.17, 15) is 9.36 Å². The average molecular weight is 333 g/mol. The fourth-order valence-electron chi connectivity index (χ4n) is 1.74. The second-order valence-electron chi connectivity index (χ2n) is 5.36. The minimum Gasteiger partial charge on any atom is -0.463 e. The van der Waals surface area contributed by atoms with Gasteiger partial charge in [-0.1, -0.05) is 31.2 Å². The molecule has 0 saturated heterocycles. The predicted molar refractivity (Wildman–Crippen MR) is 84.7 cm³/mol. The normalized spacial score (nSPS) is 15.5. The summed E-state index contributed by atoms with van der Waals surface area (Å²) in [6, 6.07) is 7.64. The molecule has 0 saturated carbocycles. The maximum absolute atomic E-state index is 12.2. The van der Waals surface area contributed by atoms with Gasteiger partial charge in [0.15, 0.2) is 0 Å². The molecule has 0 bridgehead atoms. The largest absolute Gasteiger partial charge is 0.463 e. The fraction of sp³-hybridized carbons (Fsp3) is 0.533. The van der Waals surface area contributed by atoms with Crippen LogP contribution in [-0.4, -0.2) is 18.2 Å². The Labute approximate surface area is 131 Å². The number of esters is 1. The van der Waals surface area contributed by atoms with Crippen LogP contribution in [0.15, 0.2) is 24.3 Å². The monoisotopic (exact) mass is 332 g/mol. The zero-order valence-electron chi connectivity index (χ0n) is 12.8. The predicted octanol–water partition coefficient (Wildman–Crippen LogP) is 4.53. The third kappa shape index (κ3) is 6.64. The van der Waals surface area contributed by atoms with Gasteiger partial charge in [0.2, 0.25) is 0 Å². The highest BCUT2D eigenvalue weighted by Gasteiger charge is 2.28. The molecule has 2 atom stereocenters. The van der Waals surface area contributed by atoms with E-state index in [4.69, 9.17) is 20.5 Å². The van der Waals surface area contributed by atoms with Crippen LogP contribution in [0, 0.1) is 12.8 Å². The molecule has 1 aromatic carbocycles. The smallest absolute Gasteiger partial charge is 0.309 e. The summed E-state index contributed by atoms with van der Waals surface area (Å²) in [6.45, 7) is 3.91. The van der Waals surface area contributed by atoms with Crippen molar-refractivity contribution in [2.45, 2.75) is 40.4 Å². The third-order valence-corrected chi connectivity index (χ3v) is 5.13. The van der Waals surface area contributed by atoms with Crippen LogP contribution >= 0.6 is 18.0 Å². The molecule has 0 N–H and O–H groups in total. The van der Waals surface area contributed by atoms with Gasteiger partial charge < -0.3 is 9.26 Å². The van der Waals surface area contributed by atoms with E-state index in [0.717, 1.165) is 11.1 Å². The van der Waals surface area contributed by atoms with Crippen molar-refractivity contribution in [3.8, 4) is 0 Å². The van der Waals surface area contributed by atoms with Crippen LogP contribution in [-0.2, 0) is 25.2 Å². The molecule has 118 valence electrons. The molecule has 0 amide bonds. The van der Waals surface area contributed by atoms with E-state index < -0.39 is 18.6 Å². The number of carbonyl (C=O) groups is 1. The molecule has 0 fully saturated rings. The molecule has 0 radical (unpaired) electrons. The first-order chi connectivity index (χ1) is 9.71. The van der Waals surface area contributed by atoms with Gasteiger partial charge in [-0.25, -0.2) is 0 Å². The summed E-state index contributed by atoms with van der Waals surface area (Å²) in [4.78, 5) is 11.7. The van der Waals surface area contributed by atoms with Gasteiger partial charge in [-0.2, -0.15) is 0 Å². The lowest BCUT2D eigenvalue weighted by Crippen LogP contribution is -2.21. The minimum absolute atomic E-state index is 0.0357. The molecule has 0 aliphatic rings. The first kappa shape index (κ1) is 18.2. The molecule has 1 aromatic rings. The van der Waals surface area contributed by atoms with Gasteiger partial charge >= 0.3 is 5.97 Å². The molecular formula is C15H22ClO4P. The van der Waals surface area contributed by atoms with E-state index in [1.54, 1.807) is 20.8 Å². The van der Waals surface area contributed by atoms with Gasteiger partial charge in [0.1, 0.15) is 0 Å². The van der Waals surface area contributed by atoms with Crippen LogP contribution in [0.3, 0.4) is 0 Å². The number of halogens is 1. The summed E-state index contributed by atoms with van der Waals surface area (Å²) in [5.41, 5.74) is 1.97. The van der Waals surface area contributed by atoms with Crippen molar-refractivity contribution < 1.29 is 18.6 Å². The summed E-state index contributed by atoms with van der Waals surface area (Å²) in [5.74, 6) is -0.974.